The van der Waals surface area contributed by atoms with Crippen LogP contribution in [0.2, 0.25) is 0 Å². The van der Waals surface area contributed by atoms with Gasteiger partial charge in [-0.05, 0) is 40.0 Å². The molecule has 0 bridgehead atoms. The molecule has 1 aliphatic carbocycles. The number of rotatable bonds is 2. The lowest BCUT2D eigenvalue weighted by Crippen LogP contribution is -2.49. The van der Waals surface area contributed by atoms with Crippen LogP contribution in [0.25, 0.3) is 0 Å². The Hall–Kier alpha value is -1.30. The topological polar surface area (TPSA) is 95.9 Å². The number of aliphatic carboxylic acids is 1. The molecule has 0 unspecified atom stereocenters. The molecule has 0 aromatic carbocycles. The van der Waals surface area contributed by atoms with E-state index in [4.69, 9.17) is 9.84 Å². The van der Waals surface area contributed by atoms with Gasteiger partial charge in [-0.2, -0.15) is 0 Å². The lowest BCUT2D eigenvalue weighted by molar-refractivity contribution is -0.144. The van der Waals surface area contributed by atoms with E-state index in [0.717, 1.165) is 0 Å². The summed E-state index contributed by atoms with van der Waals surface area (Å²) in [4.78, 5) is 22.3. The van der Waals surface area contributed by atoms with Gasteiger partial charge in [0.15, 0.2) is 0 Å². The number of alkyl carbamates (subject to hydrolysis) is 1. The van der Waals surface area contributed by atoms with Crippen LogP contribution in [0, 0.1) is 5.92 Å². The SMILES string of the molecule is CC(C)(C)OC(=O)N[C@@H]1CC[C@H](C(=O)O)C[C@H]1O. The van der Waals surface area contributed by atoms with E-state index in [0.29, 0.717) is 12.8 Å². The first-order valence-electron chi connectivity index (χ1n) is 6.09. The molecule has 0 saturated heterocycles. The van der Waals surface area contributed by atoms with E-state index < -0.39 is 35.7 Å². The summed E-state index contributed by atoms with van der Waals surface area (Å²) in [5, 5.41) is 21.2. The predicted octanol–water partition coefficient (Wildman–Crippen LogP) is 1.13. The first-order valence-corrected chi connectivity index (χ1v) is 6.09. The molecule has 1 saturated carbocycles. The van der Waals surface area contributed by atoms with E-state index in [-0.39, 0.29) is 6.42 Å². The highest BCUT2D eigenvalue weighted by molar-refractivity contribution is 5.70. The molecule has 104 valence electrons. The van der Waals surface area contributed by atoms with E-state index in [1.54, 1.807) is 20.8 Å². The summed E-state index contributed by atoms with van der Waals surface area (Å²) >= 11 is 0. The van der Waals surface area contributed by atoms with E-state index in [1.807, 2.05) is 0 Å². The van der Waals surface area contributed by atoms with Crippen LogP contribution in [0.5, 0.6) is 0 Å². The normalized spacial score (nSPS) is 28.6. The first-order chi connectivity index (χ1) is 8.19. The summed E-state index contributed by atoms with van der Waals surface area (Å²) < 4.78 is 5.09. The fraction of sp³-hybridized carbons (Fsp3) is 0.833. The van der Waals surface area contributed by atoms with Crippen LogP contribution >= 0.6 is 0 Å². The van der Waals surface area contributed by atoms with Crippen molar-refractivity contribution in [2.24, 2.45) is 5.92 Å². The van der Waals surface area contributed by atoms with Gasteiger partial charge in [-0.3, -0.25) is 4.79 Å². The molecule has 0 aromatic heterocycles. The first kappa shape index (κ1) is 14.8. The number of aliphatic hydroxyl groups excluding tert-OH is 1. The van der Waals surface area contributed by atoms with Crippen LogP contribution in [-0.2, 0) is 9.53 Å². The van der Waals surface area contributed by atoms with Crippen molar-refractivity contribution in [1.82, 2.24) is 5.32 Å². The van der Waals surface area contributed by atoms with E-state index in [9.17, 15) is 14.7 Å². The predicted molar refractivity (Wildman–Crippen MR) is 64.1 cm³/mol. The third-order valence-electron chi connectivity index (χ3n) is 2.87. The minimum atomic E-state index is -0.898. The number of hydrogen-bond acceptors (Lipinski definition) is 4. The van der Waals surface area contributed by atoms with Crippen molar-refractivity contribution in [2.45, 2.75) is 57.8 Å². The third-order valence-corrected chi connectivity index (χ3v) is 2.87. The number of carbonyl (C=O) groups is 2. The van der Waals surface area contributed by atoms with Crippen molar-refractivity contribution in [1.29, 1.82) is 0 Å². The molecule has 6 heteroatoms. The molecule has 1 rings (SSSR count). The Morgan fingerprint density at radius 1 is 1.28 bits per heavy atom. The number of nitrogens with one attached hydrogen (secondary N) is 1. The van der Waals surface area contributed by atoms with Gasteiger partial charge in [-0.25, -0.2) is 4.79 Å². The van der Waals surface area contributed by atoms with Crippen molar-refractivity contribution < 1.29 is 24.5 Å². The molecule has 3 atom stereocenters. The summed E-state index contributed by atoms with van der Waals surface area (Å²) in [5.41, 5.74) is -0.590. The minimum absolute atomic E-state index is 0.162. The Labute approximate surface area is 106 Å². The number of hydrogen-bond donors (Lipinski definition) is 3. The van der Waals surface area contributed by atoms with E-state index in [1.165, 1.54) is 0 Å². The lowest BCUT2D eigenvalue weighted by atomic mass is 9.84. The number of carbonyl (C=O) groups excluding carboxylic acids is 1. The summed E-state index contributed by atoms with van der Waals surface area (Å²) in [7, 11) is 0. The summed E-state index contributed by atoms with van der Waals surface area (Å²) in [6, 6.07) is -0.435. The maximum Gasteiger partial charge on any atom is 0.407 e. The monoisotopic (exact) mass is 259 g/mol. The van der Waals surface area contributed by atoms with Gasteiger partial charge >= 0.3 is 12.1 Å². The molecule has 0 aromatic rings. The van der Waals surface area contributed by atoms with Gasteiger partial charge in [-0.1, -0.05) is 0 Å². The Morgan fingerprint density at radius 2 is 1.89 bits per heavy atom. The Balaban J connectivity index is 2.45. The summed E-state index contributed by atoms with van der Waals surface area (Å²) in [5.74, 6) is -1.43. The van der Waals surface area contributed by atoms with E-state index in [2.05, 4.69) is 5.32 Å². The second-order valence-corrected chi connectivity index (χ2v) is 5.67. The molecular formula is C12H21NO5. The highest BCUT2D eigenvalue weighted by Gasteiger charge is 2.34. The number of aliphatic hydroxyl groups is 1. The fourth-order valence-corrected chi connectivity index (χ4v) is 2.00. The maximum absolute atomic E-state index is 11.5. The minimum Gasteiger partial charge on any atom is -0.481 e. The van der Waals surface area contributed by atoms with Crippen LogP contribution in [0.3, 0.4) is 0 Å². The smallest absolute Gasteiger partial charge is 0.407 e. The zero-order chi connectivity index (χ0) is 13.9. The van der Waals surface area contributed by atoms with Crippen molar-refractivity contribution in [2.75, 3.05) is 0 Å². The average Bonchev–Trinajstić information content (AvgIpc) is 2.17. The van der Waals surface area contributed by atoms with Crippen molar-refractivity contribution >= 4 is 12.1 Å². The molecule has 1 fully saturated rings. The number of carboxylic acids is 1. The summed E-state index contributed by atoms with van der Waals surface area (Å²) in [6.45, 7) is 5.26. The molecule has 0 radical (unpaired) electrons. The van der Waals surface area contributed by atoms with Crippen LogP contribution in [0.1, 0.15) is 40.0 Å². The van der Waals surface area contributed by atoms with Gasteiger partial charge in [0.1, 0.15) is 5.60 Å². The molecule has 18 heavy (non-hydrogen) atoms. The Morgan fingerprint density at radius 3 is 2.33 bits per heavy atom. The van der Waals surface area contributed by atoms with Gasteiger partial charge in [0, 0.05) is 0 Å². The standard InChI is InChI=1S/C12H21NO5/c1-12(2,3)18-11(17)13-8-5-4-7(10(15)16)6-9(8)14/h7-9,14H,4-6H2,1-3H3,(H,13,17)(H,15,16)/t7-,8+,9+/m0/s1. The highest BCUT2D eigenvalue weighted by Crippen LogP contribution is 2.25. The zero-order valence-electron chi connectivity index (χ0n) is 11.0. The maximum atomic E-state index is 11.5. The quantitative estimate of drug-likeness (QED) is 0.690. The zero-order valence-corrected chi connectivity index (χ0v) is 11.0. The Kier molecular flexibility index (Phi) is 4.56. The molecule has 1 amide bonds. The highest BCUT2D eigenvalue weighted by atomic mass is 16.6. The fourth-order valence-electron chi connectivity index (χ4n) is 2.00. The molecule has 6 nitrogen and oxygen atoms in total. The van der Waals surface area contributed by atoms with Crippen LogP contribution in [0.15, 0.2) is 0 Å². The second-order valence-electron chi connectivity index (χ2n) is 5.67. The van der Waals surface area contributed by atoms with Gasteiger partial charge in [0.05, 0.1) is 18.1 Å². The summed E-state index contributed by atoms with van der Waals surface area (Å²) in [6.07, 6.45) is -0.368. The Bertz CT molecular complexity index is 323. The van der Waals surface area contributed by atoms with Crippen molar-refractivity contribution in [3.8, 4) is 0 Å². The van der Waals surface area contributed by atoms with Crippen molar-refractivity contribution in [3.63, 3.8) is 0 Å². The van der Waals surface area contributed by atoms with Gasteiger partial charge in [0.25, 0.3) is 0 Å². The number of amides is 1. The van der Waals surface area contributed by atoms with Crippen LogP contribution < -0.4 is 5.32 Å². The third kappa shape index (κ3) is 4.52. The molecular weight excluding hydrogens is 238 g/mol. The van der Waals surface area contributed by atoms with Gasteiger partial charge in [-0.15, -0.1) is 0 Å². The molecule has 0 heterocycles. The van der Waals surface area contributed by atoms with Crippen LogP contribution in [0.4, 0.5) is 4.79 Å². The molecule has 1 aliphatic rings. The molecule has 0 aliphatic heterocycles. The lowest BCUT2D eigenvalue weighted by Gasteiger charge is -2.32. The molecule has 3 N–H and O–H groups in total. The number of ether oxygens (including phenoxy) is 1. The largest absolute Gasteiger partial charge is 0.481 e. The van der Waals surface area contributed by atoms with Gasteiger partial charge < -0.3 is 20.3 Å². The van der Waals surface area contributed by atoms with E-state index >= 15 is 0 Å². The van der Waals surface area contributed by atoms with Crippen LogP contribution in [-0.4, -0.2) is 40.0 Å². The number of carboxylic acid groups (broad SMARTS) is 1. The average molecular weight is 259 g/mol. The molecule has 0 spiro atoms. The second kappa shape index (κ2) is 5.56. The van der Waals surface area contributed by atoms with Crippen molar-refractivity contribution in [3.05, 3.63) is 0 Å². The van der Waals surface area contributed by atoms with Gasteiger partial charge in [0.2, 0.25) is 0 Å².